The van der Waals surface area contributed by atoms with Crippen molar-refractivity contribution in [2.75, 3.05) is 13.2 Å². The maximum absolute atomic E-state index is 10.9. The smallest absolute Gasteiger partial charge is 0.306 e. The summed E-state index contributed by atoms with van der Waals surface area (Å²) in [6.45, 7) is 1.44. The van der Waals surface area contributed by atoms with E-state index in [9.17, 15) is 4.79 Å². The van der Waals surface area contributed by atoms with Gasteiger partial charge in [0.2, 0.25) is 0 Å². The van der Waals surface area contributed by atoms with Gasteiger partial charge in [0, 0.05) is 16.2 Å². The van der Waals surface area contributed by atoms with Crippen molar-refractivity contribution in [1.29, 1.82) is 0 Å². The second kappa shape index (κ2) is 7.83. The summed E-state index contributed by atoms with van der Waals surface area (Å²) in [7, 11) is 0. The van der Waals surface area contributed by atoms with Crippen LogP contribution in [0.5, 0.6) is 5.75 Å². The third kappa shape index (κ3) is 4.94. The minimum Gasteiger partial charge on any atom is -0.492 e. The highest BCUT2D eigenvalue weighted by Crippen LogP contribution is 2.24. The molecule has 20 heavy (non-hydrogen) atoms. The van der Waals surface area contributed by atoms with Crippen molar-refractivity contribution in [1.82, 2.24) is 5.32 Å². The van der Waals surface area contributed by atoms with Crippen LogP contribution in [0.25, 0.3) is 0 Å². The third-order valence-electron chi connectivity index (χ3n) is 3.69. The van der Waals surface area contributed by atoms with Crippen LogP contribution in [0.4, 0.5) is 0 Å². The molecule has 0 unspecified atom stereocenters. The van der Waals surface area contributed by atoms with Crippen molar-refractivity contribution in [2.45, 2.75) is 31.7 Å². The lowest BCUT2D eigenvalue weighted by molar-refractivity contribution is -0.142. The first-order valence-corrected chi connectivity index (χ1v) is 8.07. The number of halogens is 1. The number of aliphatic carboxylic acids is 1. The van der Waals surface area contributed by atoms with Crippen molar-refractivity contribution in [2.24, 2.45) is 5.92 Å². The van der Waals surface area contributed by atoms with E-state index in [0.717, 1.165) is 38.0 Å². The van der Waals surface area contributed by atoms with Crippen LogP contribution in [0.15, 0.2) is 24.3 Å². The highest BCUT2D eigenvalue weighted by molar-refractivity contribution is 14.1. The van der Waals surface area contributed by atoms with Gasteiger partial charge in [0.1, 0.15) is 12.4 Å². The first-order valence-electron chi connectivity index (χ1n) is 6.99. The summed E-state index contributed by atoms with van der Waals surface area (Å²) in [6.07, 6.45) is 3.46. The molecular weight excluding hydrogens is 369 g/mol. The molecule has 1 aromatic carbocycles. The molecule has 2 rings (SSSR count). The Labute approximate surface area is 133 Å². The Bertz CT molecular complexity index is 427. The Hall–Kier alpha value is -0.820. The molecule has 1 aliphatic rings. The van der Waals surface area contributed by atoms with Gasteiger partial charge in [-0.15, -0.1) is 0 Å². The predicted octanol–water partition coefficient (Wildman–Crippen LogP) is 2.90. The number of ether oxygens (including phenoxy) is 1. The Kier molecular flexibility index (Phi) is 6.09. The van der Waals surface area contributed by atoms with E-state index in [-0.39, 0.29) is 5.92 Å². The molecule has 0 saturated heterocycles. The fraction of sp³-hybridized carbons (Fsp3) is 0.533. The van der Waals surface area contributed by atoms with Crippen LogP contribution in [0.2, 0.25) is 0 Å². The van der Waals surface area contributed by atoms with Gasteiger partial charge in [0.15, 0.2) is 0 Å². The number of nitrogens with one attached hydrogen (secondary N) is 1. The van der Waals surface area contributed by atoms with Gasteiger partial charge in [-0.05, 0) is 72.5 Å². The number of hydrogen-bond donors (Lipinski definition) is 2. The zero-order chi connectivity index (χ0) is 14.4. The molecule has 110 valence electrons. The fourth-order valence-electron chi connectivity index (χ4n) is 2.51. The molecule has 0 radical (unpaired) electrons. The molecule has 1 saturated carbocycles. The van der Waals surface area contributed by atoms with Crippen molar-refractivity contribution < 1.29 is 14.6 Å². The topological polar surface area (TPSA) is 58.6 Å². The summed E-state index contributed by atoms with van der Waals surface area (Å²) >= 11 is 2.27. The monoisotopic (exact) mass is 389 g/mol. The van der Waals surface area contributed by atoms with E-state index in [1.807, 2.05) is 24.3 Å². The third-order valence-corrected chi connectivity index (χ3v) is 4.41. The molecule has 1 aromatic rings. The Balaban J connectivity index is 1.60. The summed E-state index contributed by atoms with van der Waals surface area (Å²) in [5, 5.41) is 12.4. The molecule has 5 heteroatoms. The van der Waals surface area contributed by atoms with E-state index in [2.05, 4.69) is 27.9 Å². The minimum absolute atomic E-state index is 0.143. The molecule has 0 amide bonds. The summed E-state index contributed by atoms with van der Waals surface area (Å²) < 4.78 is 6.85. The fourth-order valence-corrected chi connectivity index (χ4v) is 2.87. The quantitative estimate of drug-likeness (QED) is 0.581. The van der Waals surface area contributed by atoms with Gasteiger partial charge in [0.05, 0.1) is 5.92 Å². The van der Waals surface area contributed by atoms with E-state index >= 15 is 0 Å². The Morgan fingerprint density at radius 1 is 1.25 bits per heavy atom. The van der Waals surface area contributed by atoms with Gasteiger partial charge in [0.25, 0.3) is 0 Å². The van der Waals surface area contributed by atoms with E-state index in [1.165, 1.54) is 3.57 Å². The lowest BCUT2D eigenvalue weighted by Crippen LogP contribution is -2.37. The summed E-state index contributed by atoms with van der Waals surface area (Å²) in [5.74, 6) is 0.100. The van der Waals surface area contributed by atoms with Crippen LogP contribution in [-0.2, 0) is 4.79 Å². The highest BCUT2D eigenvalue weighted by atomic mass is 127. The second-order valence-corrected chi connectivity index (χ2v) is 6.39. The first kappa shape index (κ1) is 15.6. The molecule has 0 atom stereocenters. The lowest BCUT2D eigenvalue weighted by Gasteiger charge is -2.26. The number of rotatable bonds is 6. The van der Waals surface area contributed by atoms with E-state index in [4.69, 9.17) is 9.84 Å². The summed E-state index contributed by atoms with van der Waals surface area (Å²) in [4.78, 5) is 10.9. The normalized spacial score (nSPS) is 22.4. The Morgan fingerprint density at radius 2 is 1.90 bits per heavy atom. The molecule has 0 aliphatic heterocycles. The van der Waals surface area contributed by atoms with Crippen molar-refractivity contribution in [3.8, 4) is 5.75 Å². The molecule has 0 bridgehead atoms. The molecule has 2 N–H and O–H groups in total. The SMILES string of the molecule is O=C(O)C1CCC(NCCOc2ccc(I)cc2)CC1. The van der Waals surface area contributed by atoms with Crippen LogP contribution >= 0.6 is 22.6 Å². The average Bonchev–Trinajstić information content (AvgIpc) is 2.46. The largest absolute Gasteiger partial charge is 0.492 e. The van der Waals surface area contributed by atoms with Gasteiger partial charge in [-0.3, -0.25) is 4.79 Å². The zero-order valence-corrected chi connectivity index (χ0v) is 13.5. The summed E-state index contributed by atoms with van der Waals surface area (Å²) in [6, 6.07) is 8.43. The van der Waals surface area contributed by atoms with Crippen LogP contribution in [0.3, 0.4) is 0 Å². The van der Waals surface area contributed by atoms with Crippen molar-refractivity contribution in [3.63, 3.8) is 0 Å². The molecule has 1 aliphatic carbocycles. The van der Waals surface area contributed by atoms with Crippen LogP contribution < -0.4 is 10.1 Å². The zero-order valence-electron chi connectivity index (χ0n) is 11.3. The molecular formula is C15H20INO3. The molecule has 0 spiro atoms. The first-order chi connectivity index (χ1) is 9.65. The number of carboxylic acid groups (broad SMARTS) is 1. The maximum atomic E-state index is 10.9. The van der Waals surface area contributed by atoms with Crippen LogP contribution in [-0.4, -0.2) is 30.3 Å². The molecule has 4 nitrogen and oxygen atoms in total. The predicted molar refractivity (Wildman–Crippen MR) is 86.0 cm³/mol. The average molecular weight is 389 g/mol. The van der Waals surface area contributed by atoms with E-state index < -0.39 is 5.97 Å². The molecule has 1 fully saturated rings. The van der Waals surface area contributed by atoms with Gasteiger partial charge in [-0.1, -0.05) is 0 Å². The van der Waals surface area contributed by atoms with Gasteiger partial charge in [-0.25, -0.2) is 0 Å². The molecule has 0 heterocycles. The lowest BCUT2D eigenvalue weighted by atomic mass is 9.86. The van der Waals surface area contributed by atoms with Gasteiger partial charge in [-0.2, -0.15) is 0 Å². The van der Waals surface area contributed by atoms with Gasteiger partial charge >= 0.3 is 5.97 Å². The van der Waals surface area contributed by atoms with Crippen LogP contribution in [0, 0.1) is 9.49 Å². The number of hydrogen-bond acceptors (Lipinski definition) is 3. The van der Waals surface area contributed by atoms with E-state index in [0.29, 0.717) is 12.6 Å². The number of carbonyl (C=O) groups is 1. The maximum Gasteiger partial charge on any atom is 0.306 e. The number of carboxylic acids is 1. The second-order valence-electron chi connectivity index (χ2n) is 5.14. The highest BCUT2D eigenvalue weighted by Gasteiger charge is 2.25. The van der Waals surface area contributed by atoms with E-state index in [1.54, 1.807) is 0 Å². The van der Waals surface area contributed by atoms with Gasteiger partial charge < -0.3 is 15.2 Å². The van der Waals surface area contributed by atoms with Crippen molar-refractivity contribution >= 4 is 28.6 Å². The Morgan fingerprint density at radius 3 is 2.50 bits per heavy atom. The molecule has 0 aromatic heterocycles. The van der Waals surface area contributed by atoms with Crippen LogP contribution in [0.1, 0.15) is 25.7 Å². The minimum atomic E-state index is -0.648. The summed E-state index contributed by atoms with van der Waals surface area (Å²) in [5.41, 5.74) is 0. The van der Waals surface area contributed by atoms with Crippen molar-refractivity contribution in [3.05, 3.63) is 27.8 Å². The standard InChI is InChI=1S/C15H20INO3/c16-12-3-7-14(8-4-12)20-10-9-17-13-5-1-11(2-6-13)15(18)19/h3-4,7-8,11,13,17H,1-2,5-6,9-10H2,(H,18,19). The number of benzene rings is 1.